The third-order valence-electron chi connectivity index (χ3n) is 2.03. The minimum Gasteiger partial charge on any atom is -0.497 e. The Morgan fingerprint density at radius 3 is 2.93 bits per heavy atom. The van der Waals surface area contributed by atoms with E-state index in [1.165, 1.54) is 11.8 Å². The molecule has 0 bridgehead atoms. The summed E-state index contributed by atoms with van der Waals surface area (Å²) in [7, 11) is 1.65. The summed E-state index contributed by atoms with van der Waals surface area (Å²) in [6.45, 7) is 0. The van der Waals surface area contributed by atoms with Crippen molar-refractivity contribution in [3.8, 4) is 5.75 Å². The van der Waals surface area contributed by atoms with Crippen molar-refractivity contribution >= 4 is 22.6 Å². The Hall–Kier alpha value is -1.49. The molecule has 1 heterocycles. The Morgan fingerprint density at radius 2 is 2.27 bits per heavy atom. The molecule has 0 radical (unpaired) electrons. The Bertz CT molecular complexity index is 428. The maximum absolute atomic E-state index is 5.51. The fourth-order valence-corrected chi connectivity index (χ4v) is 1.86. The molecule has 0 amide bonds. The van der Waals surface area contributed by atoms with Gasteiger partial charge < -0.3 is 10.5 Å². The summed E-state index contributed by atoms with van der Waals surface area (Å²) >= 11 is 1.49. The minimum absolute atomic E-state index is 0.515. The van der Waals surface area contributed by atoms with Crippen LogP contribution in [0.25, 0.3) is 0 Å². The van der Waals surface area contributed by atoms with Crippen LogP contribution in [-0.2, 0) is 0 Å². The highest BCUT2D eigenvalue weighted by atomic mass is 32.2. The maximum atomic E-state index is 5.51. The van der Waals surface area contributed by atoms with Gasteiger partial charge in [0.25, 0.3) is 0 Å². The molecular formula is C10H11N3OS. The van der Waals surface area contributed by atoms with E-state index in [0.717, 1.165) is 22.8 Å². The van der Waals surface area contributed by atoms with Crippen molar-refractivity contribution in [2.24, 2.45) is 15.9 Å². The second-order valence-electron chi connectivity index (χ2n) is 3.01. The molecule has 1 aliphatic heterocycles. The minimum atomic E-state index is 0.515. The molecule has 0 aromatic heterocycles. The fourth-order valence-electron chi connectivity index (χ4n) is 1.25. The molecule has 1 aromatic rings. The number of amidine groups is 1. The highest BCUT2D eigenvalue weighted by molar-refractivity contribution is 8.14. The zero-order valence-electron chi connectivity index (χ0n) is 8.30. The van der Waals surface area contributed by atoms with Gasteiger partial charge in [-0.2, -0.15) is 5.10 Å². The average molecular weight is 221 g/mol. The van der Waals surface area contributed by atoms with Crippen LogP contribution >= 0.6 is 11.8 Å². The number of hydrogen-bond donors (Lipinski definition) is 1. The van der Waals surface area contributed by atoms with E-state index >= 15 is 0 Å². The molecule has 0 aliphatic carbocycles. The highest BCUT2D eigenvalue weighted by Gasteiger charge is 2.10. The Morgan fingerprint density at radius 1 is 1.40 bits per heavy atom. The zero-order valence-corrected chi connectivity index (χ0v) is 9.12. The van der Waals surface area contributed by atoms with Crippen molar-refractivity contribution in [1.29, 1.82) is 0 Å². The number of nitrogens with two attached hydrogens (primary N) is 1. The van der Waals surface area contributed by atoms with Crippen LogP contribution in [0.4, 0.5) is 0 Å². The van der Waals surface area contributed by atoms with Crippen LogP contribution < -0.4 is 10.5 Å². The van der Waals surface area contributed by atoms with Crippen LogP contribution in [0.2, 0.25) is 0 Å². The van der Waals surface area contributed by atoms with E-state index in [4.69, 9.17) is 10.5 Å². The summed E-state index contributed by atoms with van der Waals surface area (Å²) in [4.78, 5) is 0. The number of ether oxygens (including phenoxy) is 1. The smallest absolute Gasteiger partial charge is 0.180 e. The summed E-state index contributed by atoms with van der Waals surface area (Å²) in [6, 6.07) is 7.76. The van der Waals surface area contributed by atoms with Crippen molar-refractivity contribution in [3.05, 3.63) is 29.8 Å². The molecular weight excluding hydrogens is 210 g/mol. The molecule has 5 heteroatoms. The van der Waals surface area contributed by atoms with Gasteiger partial charge in [0.15, 0.2) is 5.17 Å². The topological polar surface area (TPSA) is 60.0 Å². The molecule has 4 nitrogen and oxygen atoms in total. The monoisotopic (exact) mass is 221 g/mol. The van der Waals surface area contributed by atoms with E-state index in [-0.39, 0.29) is 0 Å². The van der Waals surface area contributed by atoms with Crippen LogP contribution in [0.5, 0.6) is 5.75 Å². The number of thioether (sulfide) groups is 1. The molecule has 2 rings (SSSR count). The van der Waals surface area contributed by atoms with E-state index < -0.39 is 0 Å². The van der Waals surface area contributed by atoms with E-state index in [9.17, 15) is 0 Å². The summed E-state index contributed by atoms with van der Waals surface area (Å²) in [5.41, 5.74) is 7.46. The van der Waals surface area contributed by atoms with Crippen molar-refractivity contribution < 1.29 is 4.74 Å². The van der Waals surface area contributed by atoms with Gasteiger partial charge in [-0.1, -0.05) is 23.9 Å². The summed E-state index contributed by atoms with van der Waals surface area (Å²) < 4.78 is 5.14. The van der Waals surface area contributed by atoms with E-state index in [1.54, 1.807) is 7.11 Å². The van der Waals surface area contributed by atoms with Crippen molar-refractivity contribution in [2.75, 3.05) is 12.9 Å². The summed E-state index contributed by atoms with van der Waals surface area (Å²) in [6.07, 6.45) is 0. The molecule has 15 heavy (non-hydrogen) atoms. The van der Waals surface area contributed by atoms with Crippen molar-refractivity contribution in [1.82, 2.24) is 0 Å². The number of benzene rings is 1. The van der Waals surface area contributed by atoms with Crippen LogP contribution in [0.15, 0.2) is 34.5 Å². The van der Waals surface area contributed by atoms with Gasteiger partial charge in [0.1, 0.15) is 5.75 Å². The molecule has 2 N–H and O–H groups in total. The predicted octanol–water partition coefficient (Wildman–Crippen LogP) is 1.46. The quantitative estimate of drug-likeness (QED) is 0.822. The van der Waals surface area contributed by atoms with Crippen LogP contribution in [-0.4, -0.2) is 23.7 Å². The number of nitrogens with zero attached hydrogens (tertiary/aromatic N) is 2. The second kappa shape index (κ2) is 4.35. The normalized spacial score (nSPS) is 15.5. The number of methoxy groups -OCH3 is 1. The lowest BCUT2D eigenvalue weighted by Crippen LogP contribution is -2.16. The van der Waals surface area contributed by atoms with E-state index in [0.29, 0.717) is 5.17 Å². The van der Waals surface area contributed by atoms with E-state index in [1.807, 2.05) is 24.3 Å². The van der Waals surface area contributed by atoms with Crippen molar-refractivity contribution in [2.45, 2.75) is 0 Å². The standard InChI is InChI=1S/C10H11N3OS/c1-14-8-4-2-3-7(5-8)9-6-15-10(11)13-12-9/h2-5H,6H2,1H3,(H2,11,13). The summed E-state index contributed by atoms with van der Waals surface area (Å²) in [5, 5.41) is 8.42. The third kappa shape index (κ3) is 2.30. The molecule has 0 atom stereocenters. The van der Waals surface area contributed by atoms with Crippen LogP contribution in [0, 0.1) is 0 Å². The van der Waals surface area contributed by atoms with Gasteiger partial charge in [-0.05, 0) is 12.1 Å². The fraction of sp³-hybridized carbons (Fsp3) is 0.200. The average Bonchev–Trinajstić information content (AvgIpc) is 2.30. The highest BCUT2D eigenvalue weighted by Crippen LogP contribution is 2.17. The van der Waals surface area contributed by atoms with E-state index in [2.05, 4.69) is 10.2 Å². The van der Waals surface area contributed by atoms with Gasteiger partial charge in [-0.15, -0.1) is 5.10 Å². The first kappa shape index (κ1) is 10.0. The molecule has 0 saturated carbocycles. The Labute approximate surface area is 92.2 Å². The predicted molar refractivity (Wildman–Crippen MR) is 63.6 cm³/mol. The second-order valence-corrected chi connectivity index (χ2v) is 4.00. The van der Waals surface area contributed by atoms with Gasteiger partial charge in [-0.25, -0.2) is 0 Å². The number of hydrogen-bond acceptors (Lipinski definition) is 5. The molecule has 0 saturated heterocycles. The SMILES string of the molecule is COc1cccc(C2=NN=C(N)SC2)c1. The van der Waals surface area contributed by atoms with Gasteiger partial charge in [0.05, 0.1) is 12.8 Å². The molecule has 0 unspecified atom stereocenters. The first-order chi connectivity index (χ1) is 7.29. The first-order valence-corrected chi connectivity index (χ1v) is 5.45. The Balaban J connectivity index is 2.30. The lowest BCUT2D eigenvalue weighted by molar-refractivity contribution is 0.414. The van der Waals surface area contributed by atoms with Crippen LogP contribution in [0.1, 0.15) is 5.56 Å². The van der Waals surface area contributed by atoms with Gasteiger partial charge in [-0.3, -0.25) is 0 Å². The number of rotatable bonds is 2. The van der Waals surface area contributed by atoms with Gasteiger partial charge in [0.2, 0.25) is 0 Å². The molecule has 1 aliphatic rings. The van der Waals surface area contributed by atoms with Crippen molar-refractivity contribution in [3.63, 3.8) is 0 Å². The maximum Gasteiger partial charge on any atom is 0.180 e. The lowest BCUT2D eigenvalue weighted by atomic mass is 10.1. The summed E-state index contributed by atoms with van der Waals surface area (Å²) in [5.74, 6) is 1.57. The van der Waals surface area contributed by atoms with Gasteiger partial charge in [0, 0.05) is 11.3 Å². The molecule has 0 spiro atoms. The third-order valence-corrected chi connectivity index (χ3v) is 2.82. The Kier molecular flexibility index (Phi) is 2.91. The molecule has 78 valence electrons. The zero-order chi connectivity index (χ0) is 10.7. The first-order valence-electron chi connectivity index (χ1n) is 4.47. The largest absolute Gasteiger partial charge is 0.497 e. The lowest BCUT2D eigenvalue weighted by Gasteiger charge is -2.09. The molecule has 0 fully saturated rings. The van der Waals surface area contributed by atoms with Crippen LogP contribution in [0.3, 0.4) is 0 Å². The molecule has 1 aromatic carbocycles. The van der Waals surface area contributed by atoms with Gasteiger partial charge >= 0.3 is 0 Å².